The Morgan fingerprint density at radius 2 is 1.84 bits per heavy atom. The number of hydrogen-bond acceptors (Lipinski definition) is 3. The van der Waals surface area contributed by atoms with Crippen molar-refractivity contribution in [2.75, 3.05) is 26.2 Å². The second kappa shape index (κ2) is 9.32. The van der Waals surface area contributed by atoms with E-state index >= 15 is 0 Å². The number of carbonyl (C=O) groups is 1. The molecule has 1 saturated heterocycles. The number of nitrogens with one attached hydrogen (secondary N) is 2. The lowest BCUT2D eigenvalue weighted by Crippen LogP contribution is -2.47. The molecule has 1 aliphatic rings. The summed E-state index contributed by atoms with van der Waals surface area (Å²) < 4.78 is 0. The second-order valence-electron chi connectivity index (χ2n) is 5.59. The summed E-state index contributed by atoms with van der Waals surface area (Å²) in [4.78, 5) is 14.2. The van der Waals surface area contributed by atoms with Crippen LogP contribution in [0.3, 0.4) is 0 Å². The van der Waals surface area contributed by atoms with Crippen molar-refractivity contribution < 1.29 is 4.79 Å². The van der Waals surface area contributed by atoms with Crippen LogP contribution in [0, 0.1) is 0 Å². The third kappa shape index (κ3) is 6.39. The minimum absolute atomic E-state index is 0.189. The van der Waals surface area contributed by atoms with E-state index < -0.39 is 0 Å². The average Bonchev–Trinajstić information content (AvgIpc) is 2.44. The van der Waals surface area contributed by atoms with Gasteiger partial charge in [0.1, 0.15) is 0 Å². The summed E-state index contributed by atoms with van der Waals surface area (Å²) in [6.07, 6.45) is 5.56. The van der Waals surface area contributed by atoms with Gasteiger partial charge in [-0.2, -0.15) is 0 Å². The molecule has 1 rings (SSSR count). The first-order valence-electron chi connectivity index (χ1n) is 7.94. The predicted molar refractivity (Wildman–Crippen MR) is 80.3 cm³/mol. The van der Waals surface area contributed by atoms with Crippen molar-refractivity contribution in [1.82, 2.24) is 15.5 Å². The Labute approximate surface area is 118 Å². The number of amides is 1. The molecule has 0 aliphatic carbocycles. The number of piperidine rings is 1. The van der Waals surface area contributed by atoms with E-state index in [2.05, 4.69) is 36.3 Å². The molecule has 0 aromatic heterocycles. The summed E-state index contributed by atoms with van der Waals surface area (Å²) in [6, 6.07) is 0.995. The predicted octanol–water partition coefficient (Wildman–Crippen LogP) is 1.76. The fourth-order valence-electron chi connectivity index (χ4n) is 2.61. The molecule has 112 valence electrons. The number of hydrogen-bond donors (Lipinski definition) is 2. The molecule has 0 bridgehead atoms. The Morgan fingerprint density at radius 3 is 2.37 bits per heavy atom. The molecular formula is C15H31N3O. The van der Waals surface area contributed by atoms with Crippen molar-refractivity contribution in [1.29, 1.82) is 0 Å². The quantitative estimate of drug-likeness (QED) is 0.706. The standard InChI is InChI=1S/C15H31N3O/c1-4-9-16-14-7-10-18(11-8-14)12-15(19)17-13(5-2)6-3/h13-14,16H,4-12H2,1-3H3,(H,17,19). The van der Waals surface area contributed by atoms with Gasteiger partial charge in [-0.3, -0.25) is 9.69 Å². The van der Waals surface area contributed by atoms with Crippen LogP contribution in [0.15, 0.2) is 0 Å². The SMILES string of the molecule is CCCNC1CCN(CC(=O)NC(CC)CC)CC1. The van der Waals surface area contributed by atoms with Crippen LogP contribution in [0.25, 0.3) is 0 Å². The summed E-state index contributed by atoms with van der Waals surface area (Å²) in [7, 11) is 0. The largest absolute Gasteiger partial charge is 0.352 e. The number of nitrogens with zero attached hydrogens (tertiary/aromatic N) is 1. The normalized spacial score (nSPS) is 17.9. The van der Waals surface area contributed by atoms with Gasteiger partial charge in [-0.1, -0.05) is 20.8 Å². The summed E-state index contributed by atoms with van der Waals surface area (Å²) >= 11 is 0. The van der Waals surface area contributed by atoms with E-state index in [1.165, 1.54) is 6.42 Å². The Bertz CT molecular complexity index is 246. The summed E-state index contributed by atoms with van der Waals surface area (Å²) in [5.74, 6) is 0.189. The molecule has 0 saturated carbocycles. The molecule has 4 heteroatoms. The van der Waals surface area contributed by atoms with Crippen LogP contribution >= 0.6 is 0 Å². The van der Waals surface area contributed by atoms with Crippen LogP contribution in [0.1, 0.15) is 52.9 Å². The van der Waals surface area contributed by atoms with Crippen molar-refractivity contribution in [3.63, 3.8) is 0 Å². The molecule has 0 aromatic carbocycles. The third-order valence-electron chi connectivity index (χ3n) is 3.99. The van der Waals surface area contributed by atoms with Gasteiger partial charge in [0.2, 0.25) is 5.91 Å². The molecule has 0 aromatic rings. The molecule has 1 heterocycles. The topological polar surface area (TPSA) is 44.4 Å². The van der Waals surface area contributed by atoms with Gasteiger partial charge in [-0.05, 0) is 38.6 Å². The van der Waals surface area contributed by atoms with Crippen molar-refractivity contribution in [3.8, 4) is 0 Å². The van der Waals surface area contributed by atoms with Crippen LogP contribution < -0.4 is 10.6 Å². The zero-order valence-corrected chi connectivity index (χ0v) is 12.9. The molecule has 0 unspecified atom stereocenters. The molecule has 1 amide bonds. The molecule has 1 fully saturated rings. The fourth-order valence-corrected chi connectivity index (χ4v) is 2.61. The van der Waals surface area contributed by atoms with Crippen molar-refractivity contribution in [2.24, 2.45) is 0 Å². The Morgan fingerprint density at radius 1 is 1.21 bits per heavy atom. The maximum atomic E-state index is 11.9. The molecule has 0 atom stereocenters. The van der Waals surface area contributed by atoms with Crippen molar-refractivity contribution >= 4 is 5.91 Å². The summed E-state index contributed by atoms with van der Waals surface area (Å²) in [5, 5.41) is 6.68. The third-order valence-corrected chi connectivity index (χ3v) is 3.99. The van der Waals surface area contributed by atoms with Gasteiger partial charge in [-0.15, -0.1) is 0 Å². The lowest BCUT2D eigenvalue weighted by Gasteiger charge is -2.32. The highest BCUT2D eigenvalue weighted by atomic mass is 16.2. The van der Waals surface area contributed by atoms with Crippen LogP contribution in [0.5, 0.6) is 0 Å². The lowest BCUT2D eigenvalue weighted by molar-refractivity contribution is -0.123. The monoisotopic (exact) mass is 269 g/mol. The summed E-state index contributed by atoms with van der Waals surface area (Å²) in [5.41, 5.74) is 0. The molecule has 2 N–H and O–H groups in total. The van der Waals surface area contributed by atoms with E-state index in [4.69, 9.17) is 0 Å². The minimum Gasteiger partial charge on any atom is -0.352 e. The fraction of sp³-hybridized carbons (Fsp3) is 0.933. The first kappa shape index (κ1) is 16.4. The Hall–Kier alpha value is -0.610. The smallest absolute Gasteiger partial charge is 0.234 e. The maximum Gasteiger partial charge on any atom is 0.234 e. The number of rotatable bonds is 8. The van der Waals surface area contributed by atoms with Crippen LogP contribution in [-0.2, 0) is 4.79 Å². The van der Waals surface area contributed by atoms with Gasteiger partial charge >= 0.3 is 0 Å². The van der Waals surface area contributed by atoms with Crippen LogP contribution in [-0.4, -0.2) is 49.1 Å². The van der Waals surface area contributed by atoms with Gasteiger partial charge in [0, 0.05) is 25.2 Å². The van der Waals surface area contributed by atoms with Gasteiger partial charge < -0.3 is 10.6 Å². The van der Waals surface area contributed by atoms with E-state index in [0.29, 0.717) is 18.6 Å². The van der Waals surface area contributed by atoms with E-state index in [9.17, 15) is 4.79 Å². The first-order chi connectivity index (χ1) is 9.19. The zero-order valence-electron chi connectivity index (χ0n) is 12.9. The molecule has 0 spiro atoms. The zero-order chi connectivity index (χ0) is 14.1. The van der Waals surface area contributed by atoms with E-state index in [0.717, 1.165) is 45.3 Å². The van der Waals surface area contributed by atoms with Crippen molar-refractivity contribution in [2.45, 2.75) is 65.0 Å². The maximum absolute atomic E-state index is 11.9. The molecular weight excluding hydrogens is 238 g/mol. The number of carbonyl (C=O) groups excluding carboxylic acids is 1. The highest BCUT2D eigenvalue weighted by Crippen LogP contribution is 2.10. The summed E-state index contributed by atoms with van der Waals surface area (Å²) in [6.45, 7) is 10.2. The lowest BCUT2D eigenvalue weighted by atomic mass is 10.0. The highest BCUT2D eigenvalue weighted by Gasteiger charge is 2.20. The van der Waals surface area contributed by atoms with E-state index in [1.807, 2.05) is 0 Å². The highest BCUT2D eigenvalue weighted by molar-refractivity contribution is 5.78. The second-order valence-corrected chi connectivity index (χ2v) is 5.59. The van der Waals surface area contributed by atoms with Gasteiger partial charge in [0.05, 0.1) is 6.54 Å². The van der Waals surface area contributed by atoms with Crippen LogP contribution in [0.4, 0.5) is 0 Å². The average molecular weight is 269 g/mol. The molecule has 4 nitrogen and oxygen atoms in total. The molecule has 19 heavy (non-hydrogen) atoms. The molecule has 1 aliphatic heterocycles. The van der Waals surface area contributed by atoms with Gasteiger partial charge in [0.15, 0.2) is 0 Å². The van der Waals surface area contributed by atoms with E-state index in [-0.39, 0.29) is 5.91 Å². The van der Waals surface area contributed by atoms with Gasteiger partial charge in [0.25, 0.3) is 0 Å². The minimum atomic E-state index is 0.189. The van der Waals surface area contributed by atoms with Crippen molar-refractivity contribution in [3.05, 3.63) is 0 Å². The first-order valence-corrected chi connectivity index (χ1v) is 7.94. The Balaban J connectivity index is 2.19. The van der Waals surface area contributed by atoms with Crippen LogP contribution in [0.2, 0.25) is 0 Å². The van der Waals surface area contributed by atoms with Gasteiger partial charge in [-0.25, -0.2) is 0 Å². The molecule has 0 radical (unpaired) electrons. The number of likely N-dealkylation sites (tertiary alicyclic amines) is 1. The van der Waals surface area contributed by atoms with E-state index in [1.54, 1.807) is 0 Å². The Kier molecular flexibility index (Phi) is 8.07.